The Morgan fingerprint density at radius 3 is 2.72 bits per heavy atom. The van der Waals surface area contributed by atoms with Crippen LogP contribution < -0.4 is 4.74 Å². The number of carbonyl (C=O) groups excluding carboxylic acids is 1. The van der Waals surface area contributed by atoms with Crippen LogP contribution in [0.15, 0.2) is 24.3 Å². The molecule has 0 aliphatic carbocycles. The van der Waals surface area contributed by atoms with Crippen LogP contribution in [0.2, 0.25) is 0 Å². The molecule has 1 fully saturated rings. The molecular weight excluding hydrogens is 235 g/mol. The van der Waals surface area contributed by atoms with E-state index in [2.05, 4.69) is 4.90 Å². The highest BCUT2D eigenvalue weighted by Crippen LogP contribution is 2.12. The molecule has 2 rings (SSSR count). The van der Waals surface area contributed by atoms with Gasteiger partial charge in [0.2, 0.25) is 0 Å². The number of rotatable bonds is 3. The quantitative estimate of drug-likeness (QED) is 0.804. The first-order valence-corrected chi connectivity index (χ1v) is 6.00. The molecule has 0 radical (unpaired) electrons. The van der Waals surface area contributed by atoms with Gasteiger partial charge in [-0.3, -0.25) is 4.79 Å². The second-order valence-electron chi connectivity index (χ2n) is 4.43. The van der Waals surface area contributed by atoms with Gasteiger partial charge < -0.3 is 14.5 Å². The monoisotopic (exact) mass is 252 g/mol. The minimum absolute atomic E-state index is 0.0346. The molecule has 0 atom stereocenters. The smallest absolute Gasteiger partial charge is 0.260 e. The highest BCUT2D eigenvalue weighted by molar-refractivity contribution is 5.77. The Balaban J connectivity index is 1.81. The SMILES string of the molecule is CN1CCN(C(=O)COc2cccc(F)c2)CC1. The van der Waals surface area contributed by atoms with Crippen molar-refractivity contribution in [1.29, 1.82) is 0 Å². The van der Waals surface area contributed by atoms with E-state index < -0.39 is 0 Å². The molecule has 1 heterocycles. The standard InChI is InChI=1S/C13H17FN2O2/c1-15-5-7-16(8-6-15)13(17)10-18-12-4-2-3-11(14)9-12/h2-4,9H,5-8,10H2,1H3. The number of likely N-dealkylation sites (N-methyl/N-ethyl adjacent to an activating group) is 1. The Morgan fingerprint density at radius 2 is 2.06 bits per heavy atom. The number of ether oxygens (including phenoxy) is 1. The molecule has 1 aliphatic rings. The zero-order valence-corrected chi connectivity index (χ0v) is 10.4. The summed E-state index contributed by atoms with van der Waals surface area (Å²) in [6.07, 6.45) is 0. The second kappa shape index (κ2) is 5.82. The second-order valence-corrected chi connectivity index (χ2v) is 4.43. The predicted molar refractivity (Wildman–Crippen MR) is 66.0 cm³/mol. The van der Waals surface area contributed by atoms with E-state index in [1.165, 1.54) is 12.1 Å². The first-order chi connectivity index (χ1) is 8.65. The van der Waals surface area contributed by atoms with Gasteiger partial charge in [0.1, 0.15) is 11.6 Å². The van der Waals surface area contributed by atoms with Crippen molar-refractivity contribution < 1.29 is 13.9 Å². The summed E-state index contributed by atoms with van der Waals surface area (Å²) in [5.74, 6) is -0.0237. The molecule has 1 aliphatic heterocycles. The average molecular weight is 252 g/mol. The van der Waals surface area contributed by atoms with Gasteiger partial charge in [-0.1, -0.05) is 6.07 Å². The third-order valence-corrected chi connectivity index (χ3v) is 3.01. The van der Waals surface area contributed by atoms with Crippen LogP contribution in [0.5, 0.6) is 5.75 Å². The normalized spacial score (nSPS) is 16.7. The van der Waals surface area contributed by atoms with Crippen LogP contribution in [0.25, 0.3) is 0 Å². The van der Waals surface area contributed by atoms with E-state index in [0.717, 1.165) is 26.2 Å². The Labute approximate surface area is 106 Å². The maximum atomic E-state index is 12.9. The van der Waals surface area contributed by atoms with Gasteiger partial charge >= 0.3 is 0 Å². The van der Waals surface area contributed by atoms with Crippen molar-refractivity contribution in [3.8, 4) is 5.75 Å². The van der Waals surface area contributed by atoms with E-state index in [-0.39, 0.29) is 18.3 Å². The van der Waals surface area contributed by atoms with Crippen molar-refractivity contribution in [3.05, 3.63) is 30.1 Å². The largest absolute Gasteiger partial charge is 0.484 e. The van der Waals surface area contributed by atoms with E-state index in [0.29, 0.717) is 5.75 Å². The number of amides is 1. The molecule has 98 valence electrons. The summed E-state index contributed by atoms with van der Waals surface area (Å²) >= 11 is 0. The van der Waals surface area contributed by atoms with Gasteiger partial charge in [-0.15, -0.1) is 0 Å². The lowest BCUT2D eigenvalue weighted by atomic mass is 10.3. The number of nitrogens with zero attached hydrogens (tertiary/aromatic N) is 2. The summed E-state index contributed by atoms with van der Waals surface area (Å²) in [7, 11) is 2.03. The summed E-state index contributed by atoms with van der Waals surface area (Å²) in [5.41, 5.74) is 0. The minimum atomic E-state index is -0.362. The summed E-state index contributed by atoms with van der Waals surface area (Å²) < 4.78 is 18.2. The summed E-state index contributed by atoms with van der Waals surface area (Å²) in [6.45, 7) is 3.17. The highest BCUT2D eigenvalue weighted by atomic mass is 19.1. The molecule has 1 aromatic carbocycles. The molecule has 4 nitrogen and oxygen atoms in total. The zero-order valence-electron chi connectivity index (χ0n) is 10.4. The number of halogens is 1. The molecular formula is C13H17FN2O2. The number of piperazine rings is 1. The highest BCUT2D eigenvalue weighted by Gasteiger charge is 2.19. The molecule has 0 N–H and O–H groups in total. The van der Waals surface area contributed by atoms with Crippen LogP contribution in [0.1, 0.15) is 0 Å². The summed E-state index contributed by atoms with van der Waals surface area (Å²) in [4.78, 5) is 15.8. The topological polar surface area (TPSA) is 32.8 Å². The van der Waals surface area contributed by atoms with Crippen molar-refractivity contribution in [2.75, 3.05) is 39.8 Å². The molecule has 1 amide bonds. The van der Waals surface area contributed by atoms with Crippen LogP contribution in [0.4, 0.5) is 4.39 Å². The maximum absolute atomic E-state index is 12.9. The molecule has 0 bridgehead atoms. The van der Waals surface area contributed by atoms with Gasteiger partial charge in [0.15, 0.2) is 6.61 Å². The Hall–Kier alpha value is -1.62. The number of benzene rings is 1. The first kappa shape index (κ1) is 12.8. The van der Waals surface area contributed by atoms with Gasteiger partial charge in [0.05, 0.1) is 0 Å². The molecule has 18 heavy (non-hydrogen) atoms. The van der Waals surface area contributed by atoms with Crippen LogP contribution in [-0.4, -0.2) is 55.5 Å². The fourth-order valence-electron chi connectivity index (χ4n) is 1.85. The first-order valence-electron chi connectivity index (χ1n) is 6.00. The minimum Gasteiger partial charge on any atom is -0.484 e. The summed E-state index contributed by atoms with van der Waals surface area (Å²) in [6, 6.07) is 5.82. The lowest BCUT2D eigenvalue weighted by molar-refractivity contribution is -0.134. The van der Waals surface area contributed by atoms with Gasteiger partial charge in [-0.05, 0) is 19.2 Å². The molecule has 5 heteroatoms. The van der Waals surface area contributed by atoms with Gasteiger partial charge in [0.25, 0.3) is 5.91 Å². The number of carbonyl (C=O) groups is 1. The van der Waals surface area contributed by atoms with Crippen molar-refractivity contribution in [1.82, 2.24) is 9.80 Å². The van der Waals surface area contributed by atoms with Crippen LogP contribution in [-0.2, 0) is 4.79 Å². The third kappa shape index (κ3) is 3.43. The van der Waals surface area contributed by atoms with Crippen molar-refractivity contribution in [3.63, 3.8) is 0 Å². The Bertz CT molecular complexity index is 417. The van der Waals surface area contributed by atoms with Crippen LogP contribution in [0.3, 0.4) is 0 Å². The lowest BCUT2D eigenvalue weighted by Gasteiger charge is -2.32. The van der Waals surface area contributed by atoms with E-state index in [1.807, 2.05) is 7.05 Å². The van der Waals surface area contributed by atoms with E-state index in [9.17, 15) is 9.18 Å². The molecule has 0 saturated carbocycles. The van der Waals surface area contributed by atoms with Crippen LogP contribution >= 0.6 is 0 Å². The van der Waals surface area contributed by atoms with E-state index >= 15 is 0 Å². The van der Waals surface area contributed by atoms with Gasteiger partial charge in [0, 0.05) is 32.2 Å². The number of hydrogen-bond donors (Lipinski definition) is 0. The fourth-order valence-corrected chi connectivity index (χ4v) is 1.85. The van der Waals surface area contributed by atoms with Crippen molar-refractivity contribution in [2.45, 2.75) is 0 Å². The molecule has 0 aromatic heterocycles. The zero-order chi connectivity index (χ0) is 13.0. The molecule has 0 spiro atoms. The van der Waals surface area contributed by atoms with E-state index in [1.54, 1.807) is 17.0 Å². The molecule has 0 unspecified atom stereocenters. The Kier molecular flexibility index (Phi) is 4.15. The van der Waals surface area contributed by atoms with Gasteiger partial charge in [-0.2, -0.15) is 0 Å². The summed E-state index contributed by atoms with van der Waals surface area (Å²) in [5, 5.41) is 0. The fraction of sp³-hybridized carbons (Fsp3) is 0.462. The van der Waals surface area contributed by atoms with Gasteiger partial charge in [-0.25, -0.2) is 4.39 Å². The predicted octanol–water partition coefficient (Wildman–Crippen LogP) is 0.978. The average Bonchev–Trinajstić information content (AvgIpc) is 2.37. The molecule has 1 saturated heterocycles. The van der Waals surface area contributed by atoms with Crippen LogP contribution in [0, 0.1) is 5.82 Å². The Morgan fingerprint density at radius 1 is 1.33 bits per heavy atom. The maximum Gasteiger partial charge on any atom is 0.260 e. The lowest BCUT2D eigenvalue weighted by Crippen LogP contribution is -2.48. The third-order valence-electron chi connectivity index (χ3n) is 3.01. The van der Waals surface area contributed by atoms with E-state index in [4.69, 9.17) is 4.74 Å². The molecule has 1 aromatic rings. The van der Waals surface area contributed by atoms with Crippen molar-refractivity contribution in [2.24, 2.45) is 0 Å². The van der Waals surface area contributed by atoms with Crippen molar-refractivity contribution >= 4 is 5.91 Å². The number of hydrogen-bond acceptors (Lipinski definition) is 3.